The van der Waals surface area contributed by atoms with Crippen LogP contribution in [0, 0.1) is 0 Å². The first-order valence-corrected chi connectivity index (χ1v) is 4.93. The SMILES string of the molecule is CC[C@@H](OC)c1c(Cl)cccc1Cl. The molecule has 0 bridgehead atoms. The minimum Gasteiger partial charge on any atom is -0.377 e. The van der Waals surface area contributed by atoms with Crippen LogP contribution in [0.3, 0.4) is 0 Å². The van der Waals surface area contributed by atoms with Gasteiger partial charge in [0.1, 0.15) is 0 Å². The van der Waals surface area contributed by atoms with Crippen LogP contribution in [0.2, 0.25) is 10.0 Å². The monoisotopic (exact) mass is 218 g/mol. The summed E-state index contributed by atoms with van der Waals surface area (Å²) in [6.07, 6.45) is 0.848. The van der Waals surface area contributed by atoms with E-state index < -0.39 is 0 Å². The summed E-state index contributed by atoms with van der Waals surface area (Å²) >= 11 is 12.0. The second-order valence-corrected chi connectivity index (χ2v) is 3.58. The third-order valence-corrected chi connectivity index (χ3v) is 2.64. The fourth-order valence-electron chi connectivity index (χ4n) is 1.31. The number of ether oxygens (including phenoxy) is 1. The first-order valence-electron chi connectivity index (χ1n) is 4.17. The molecule has 0 radical (unpaired) electrons. The van der Waals surface area contributed by atoms with Gasteiger partial charge in [-0.1, -0.05) is 36.2 Å². The van der Waals surface area contributed by atoms with E-state index in [9.17, 15) is 0 Å². The molecule has 13 heavy (non-hydrogen) atoms. The lowest BCUT2D eigenvalue weighted by Gasteiger charge is -2.16. The molecule has 0 aliphatic heterocycles. The maximum absolute atomic E-state index is 6.02. The van der Waals surface area contributed by atoms with E-state index in [-0.39, 0.29) is 6.10 Å². The van der Waals surface area contributed by atoms with Crippen molar-refractivity contribution in [1.82, 2.24) is 0 Å². The van der Waals surface area contributed by atoms with E-state index in [0.717, 1.165) is 12.0 Å². The summed E-state index contributed by atoms with van der Waals surface area (Å²) in [5, 5.41) is 1.34. The van der Waals surface area contributed by atoms with Crippen LogP contribution in [0.1, 0.15) is 25.0 Å². The zero-order valence-electron chi connectivity index (χ0n) is 7.68. The highest BCUT2D eigenvalue weighted by Crippen LogP contribution is 2.33. The Morgan fingerprint density at radius 1 is 1.31 bits per heavy atom. The second kappa shape index (κ2) is 4.85. The molecule has 0 aliphatic rings. The number of methoxy groups -OCH3 is 1. The van der Waals surface area contributed by atoms with Gasteiger partial charge < -0.3 is 4.74 Å². The van der Waals surface area contributed by atoms with Crippen molar-refractivity contribution in [1.29, 1.82) is 0 Å². The van der Waals surface area contributed by atoms with Crippen LogP contribution >= 0.6 is 23.2 Å². The first-order chi connectivity index (χ1) is 6.20. The van der Waals surface area contributed by atoms with E-state index in [4.69, 9.17) is 27.9 Å². The highest BCUT2D eigenvalue weighted by atomic mass is 35.5. The topological polar surface area (TPSA) is 9.23 Å². The zero-order chi connectivity index (χ0) is 9.84. The number of hydrogen-bond donors (Lipinski definition) is 0. The molecule has 0 spiro atoms. The molecule has 1 nitrogen and oxygen atoms in total. The van der Waals surface area contributed by atoms with Gasteiger partial charge in [0, 0.05) is 22.7 Å². The van der Waals surface area contributed by atoms with Crippen molar-refractivity contribution < 1.29 is 4.74 Å². The van der Waals surface area contributed by atoms with Gasteiger partial charge in [0.25, 0.3) is 0 Å². The summed E-state index contributed by atoms with van der Waals surface area (Å²) in [4.78, 5) is 0. The normalized spacial score (nSPS) is 12.9. The van der Waals surface area contributed by atoms with Gasteiger partial charge >= 0.3 is 0 Å². The van der Waals surface area contributed by atoms with Crippen molar-refractivity contribution in [2.24, 2.45) is 0 Å². The molecule has 1 aromatic rings. The standard InChI is InChI=1S/C10H12Cl2O/c1-3-9(13-2)10-7(11)5-4-6-8(10)12/h4-6,9H,3H2,1-2H3/t9-/m1/s1. The average Bonchev–Trinajstić information content (AvgIpc) is 2.11. The zero-order valence-corrected chi connectivity index (χ0v) is 9.19. The van der Waals surface area contributed by atoms with Crippen LogP contribution < -0.4 is 0 Å². The van der Waals surface area contributed by atoms with Crippen LogP contribution in [0.25, 0.3) is 0 Å². The van der Waals surface area contributed by atoms with Gasteiger partial charge in [0.05, 0.1) is 6.10 Å². The Morgan fingerprint density at radius 2 is 1.85 bits per heavy atom. The summed E-state index contributed by atoms with van der Waals surface area (Å²) in [6, 6.07) is 5.48. The lowest BCUT2D eigenvalue weighted by atomic mass is 10.1. The van der Waals surface area contributed by atoms with Crippen LogP contribution in [0.4, 0.5) is 0 Å². The Morgan fingerprint density at radius 3 is 2.23 bits per heavy atom. The van der Waals surface area contributed by atoms with Crippen molar-refractivity contribution in [3.63, 3.8) is 0 Å². The quantitative estimate of drug-likeness (QED) is 0.743. The van der Waals surface area contributed by atoms with E-state index in [1.54, 1.807) is 7.11 Å². The van der Waals surface area contributed by atoms with E-state index in [1.165, 1.54) is 0 Å². The maximum atomic E-state index is 6.02. The number of rotatable bonds is 3. The van der Waals surface area contributed by atoms with Crippen molar-refractivity contribution in [2.75, 3.05) is 7.11 Å². The molecule has 72 valence electrons. The van der Waals surface area contributed by atoms with E-state index in [2.05, 4.69) is 0 Å². The summed E-state index contributed by atoms with van der Waals surface area (Å²) in [5.41, 5.74) is 0.885. The van der Waals surface area contributed by atoms with Gasteiger partial charge in [-0.25, -0.2) is 0 Å². The Balaban J connectivity index is 3.10. The molecular formula is C10H12Cl2O. The molecule has 1 aromatic carbocycles. The number of halogens is 2. The molecule has 0 amide bonds. The fraction of sp³-hybridized carbons (Fsp3) is 0.400. The van der Waals surface area contributed by atoms with Gasteiger partial charge in [0.2, 0.25) is 0 Å². The van der Waals surface area contributed by atoms with E-state index in [1.807, 2.05) is 25.1 Å². The van der Waals surface area contributed by atoms with E-state index >= 15 is 0 Å². The minimum absolute atomic E-state index is 0.0128. The summed E-state index contributed by atoms with van der Waals surface area (Å²) in [7, 11) is 1.66. The average molecular weight is 219 g/mol. The van der Waals surface area contributed by atoms with Crippen LogP contribution in [0.15, 0.2) is 18.2 Å². The number of benzene rings is 1. The smallest absolute Gasteiger partial charge is 0.0847 e. The van der Waals surface area contributed by atoms with Crippen molar-refractivity contribution >= 4 is 23.2 Å². The molecule has 1 rings (SSSR count). The van der Waals surface area contributed by atoms with Crippen molar-refractivity contribution in [3.8, 4) is 0 Å². The Bertz CT molecular complexity index is 262. The van der Waals surface area contributed by atoms with Crippen molar-refractivity contribution in [3.05, 3.63) is 33.8 Å². The summed E-state index contributed by atoms with van der Waals surface area (Å²) < 4.78 is 5.28. The molecule has 0 heterocycles. The van der Waals surface area contributed by atoms with Gasteiger partial charge in [-0.2, -0.15) is 0 Å². The predicted octanol–water partition coefficient (Wildman–Crippen LogP) is 4.09. The number of hydrogen-bond acceptors (Lipinski definition) is 1. The lowest BCUT2D eigenvalue weighted by molar-refractivity contribution is 0.100. The van der Waals surface area contributed by atoms with Crippen LogP contribution in [-0.2, 0) is 4.74 Å². The third-order valence-electron chi connectivity index (χ3n) is 1.98. The van der Waals surface area contributed by atoms with Gasteiger partial charge in [0.15, 0.2) is 0 Å². The fourth-order valence-corrected chi connectivity index (χ4v) is 1.95. The predicted molar refractivity (Wildman–Crippen MR) is 56.5 cm³/mol. The molecule has 3 heteroatoms. The second-order valence-electron chi connectivity index (χ2n) is 2.77. The highest BCUT2D eigenvalue weighted by Gasteiger charge is 2.14. The maximum Gasteiger partial charge on any atom is 0.0847 e. The molecule has 0 aliphatic carbocycles. The molecular weight excluding hydrogens is 207 g/mol. The molecule has 0 N–H and O–H groups in total. The van der Waals surface area contributed by atoms with Crippen molar-refractivity contribution in [2.45, 2.75) is 19.4 Å². The summed E-state index contributed by atoms with van der Waals surface area (Å²) in [5.74, 6) is 0. The lowest BCUT2D eigenvalue weighted by Crippen LogP contribution is -2.01. The molecule has 0 aromatic heterocycles. The van der Waals surface area contributed by atoms with Crippen LogP contribution in [0.5, 0.6) is 0 Å². The largest absolute Gasteiger partial charge is 0.377 e. The molecule has 0 saturated carbocycles. The van der Waals surface area contributed by atoms with Gasteiger partial charge in [-0.3, -0.25) is 0 Å². The Kier molecular flexibility index (Phi) is 4.04. The van der Waals surface area contributed by atoms with E-state index in [0.29, 0.717) is 10.0 Å². The molecule has 0 unspecified atom stereocenters. The highest BCUT2D eigenvalue weighted by molar-refractivity contribution is 6.36. The molecule has 1 atom stereocenters. The van der Waals surface area contributed by atoms with Gasteiger partial charge in [-0.15, -0.1) is 0 Å². The minimum atomic E-state index is -0.0128. The van der Waals surface area contributed by atoms with Crippen LogP contribution in [-0.4, -0.2) is 7.11 Å². The molecule has 0 fully saturated rings. The molecule has 0 saturated heterocycles. The first kappa shape index (κ1) is 10.8. The Hall–Kier alpha value is -0.240. The van der Waals surface area contributed by atoms with Gasteiger partial charge in [-0.05, 0) is 18.6 Å². The third kappa shape index (κ3) is 2.37. The summed E-state index contributed by atoms with van der Waals surface area (Å²) in [6.45, 7) is 2.04. The Labute approximate surface area is 88.6 Å².